The van der Waals surface area contributed by atoms with Gasteiger partial charge < -0.3 is 10.4 Å². The molecule has 0 aliphatic heterocycles. The highest BCUT2D eigenvalue weighted by Crippen LogP contribution is 2.24. The first-order valence-corrected chi connectivity index (χ1v) is 6.76. The molecule has 0 bridgehead atoms. The molecule has 2 aromatic rings. The Hall–Kier alpha value is -2.93. The highest BCUT2D eigenvalue weighted by atomic mass is 35.5. The lowest BCUT2D eigenvalue weighted by atomic mass is 10.1. The molecule has 0 fully saturated rings. The van der Waals surface area contributed by atoms with Crippen LogP contribution in [0.1, 0.15) is 26.3 Å². The number of carbonyl (C=O) groups excluding carboxylic acids is 1. The molecule has 7 nitrogen and oxygen atoms in total. The molecule has 0 atom stereocenters. The number of nitrogens with zero attached hydrogens (tertiary/aromatic N) is 1. The SMILES string of the molecule is Cc1ccc(C(=O)O)cc1NC(=O)c1ccc([N+](=O)[O-])cc1Cl. The first-order valence-electron chi connectivity index (χ1n) is 6.39. The van der Waals surface area contributed by atoms with Crippen LogP contribution in [-0.2, 0) is 0 Å². The van der Waals surface area contributed by atoms with Crippen molar-refractivity contribution in [1.29, 1.82) is 0 Å². The van der Waals surface area contributed by atoms with Crippen LogP contribution in [0, 0.1) is 17.0 Å². The van der Waals surface area contributed by atoms with Gasteiger partial charge in [-0.05, 0) is 30.7 Å². The summed E-state index contributed by atoms with van der Waals surface area (Å²) in [7, 11) is 0. The lowest BCUT2D eigenvalue weighted by Crippen LogP contribution is -2.14. The molecule has 0 unspecified atom stereocenters. The molecule has 0 aliphatic rings. The number of aryl methyl sites for hydroxylation is 1. The molecule has 118 valence electrons. The zero-order chi connectivity index (χ0) is 17.1. The molecule has 0 saturated heterocycles. The third-order valence-corrected chi connectivity index (χ3v) is 3.45. The Kier molecular flexibility index (Phi) is 4.61. The lowest BCUT2D eigenvalue weighted by Gasteiger charge is -2.10. The fourth-order valence-corrected chi connectivity index (χ4v) is 2.14. The van der Waals surface area contributed by atoms with Gasteiger partial charge in [0.05, 0.1) is 21.1 Å². The third kappa shape index (κ3) is 3.64. The lowest BCUT2D eigenvalue weighted by molar-refractivity contribution is -0.384. The summed E-state index contributed by atoms with van der Waals surface area (Å²) in [6, 6.07) is 7.81. The van der Waals surface area contributed by atoms with Crippen LogP contribution >= 0.6 is 11.6 Å². The quantitative estimate of drug-likeness (QED) is 0.656. The Morgan fingerprint density at radius 3 is 2.48 bits per heavy atom. The van der Waals surface area contributed by atoms with Gasteiger partial charge in [0.2, 0.25) is 0 Å². The summed E-state index contributed by atoms with van der Waals surface area (Å²) in [5.74, 6) is -1.70. The minimum Gasteiger partial charge on any atom is -0.478 e. The van der Waals surface area contributed by atoms with Gasteiger partial charge in [-0.25, -0.2) is 4.79 Å². The van der Waals surface area contributed by atoms with Crippen LogP contribution in [0.25, 0.3) is 0 Å². The largest absolute Gasteiger partial charge is 0.478 e. The number of rotatable bonds is 4. The molecule has 0 aliphatic carbocycles. The number of nitro benzene ring substituents is 1. The maximum atomic E-state index is 12.2. The summed E-state index contributed by atoms with van der Waals surface area (Å²) >= 11 is 5.90. The van der Waals surface area contributed by atoms with Gasteiger partial charge in [0.1, 0.15) is 0 Å². The van der Waals surface area contributed by atoms with Gasteiger partial charge in [-0.2, -0.15) is 0 Å². The van der Waals surface area contributed by atoms with E-state index in [0.29, 0.717) is 11.3 Å². The molecule has 23 heavy (non-hydrogen) atoms. The number of hydrogen-bond acceptors (Lipinski definition) is 4. The standard InChI is InChI=1S/C15H11ClN2O5/c1-8-2-3-9(15(20)21)6-13(8)17-14(19)11-5-4-10(18(22)23)7-12(11)16/h2-7H,1H3,(H,17,19)(H,20,21). The van der Waals surface area contributed by atoms with Crippen molar-refractivity contribution >= 4 is 34.9 Å². The summed E-state index contributed by atoms with van der Waals surface area (Å²) in [6.45, 7) is 1.71. The molecule has 1 amide bonds. The summed E-state index contributed by atoms with van der Waals surface area (Å²) < 4.78 is 0. The maximum absolute atomic E-state index is 12.2. The highest BCUT2D eigenvalue weighted by molar-refractivity contribution is 6.34. The molecule has 2 rings (SSSR count). The monoisotopic (exact) mass is 334 g/mol. The number of benzene rings is 2. The van der Waals surface area contributed by atoms with Gasteiger partial charge >= 0.3 is 5.97 Å². The maximum Gasteiger partial charge on any atom is 0.335 e. The molecular formula is C15H11ClN2O5. The number of non-ortho nitro benzene ring substituents is 1. The molecule has 8 heteroatoms. The molecule has 0 saturated carbocycles. The number of nitrogens with one attached hydrogen (secondary N) is 1. The van der Waals surface area contributed by atoms with Crippen molar-refractivity contribution < 1.29 is 19.6 Å². The van der Waals surface area contributed by atoms with Crippen molar-refractivity contribution in [3.63, 3.8) is 0 Å². The zero-order valence-electron chi connectivity index (χ0n) is 11.9. The Balaban J connectivity index is 2.31. The third-order valence-electron chi connectivity index (χ3n) is 3.14. The second kappa shape index (κ2) is 6.45. The molecule has 2 aromatic carbocycles. The van der Waals surface area contributed by atoms with Crippen LogP contribution in [0.3, 0.4) is 0 Å². The van der Waals surface area contributed by atoms with Crippen LogP contribution in [-0.4, -0.2) is 21.9 Å². The van der Waals surface area contributed by atoms with Crippen molar-refractivity contribution in [2.75, 3.05) is 5.32 Å². The number of carboxylic acid groups (broad SMARTS) is 1. The number of nitro groups is 1. The molecule has 0 spiro atoms. The Bertz CT molecular complexity index is 820. The minimum absolute atomic E-state index is 0.0284. The second-order valence-electron chi connectivity index (χ2n) is 4.71. The van der Waals surface area contributed by atoms with E-state index in [4.69, 9.17) is 16.7 Å². The predicted octanol–water partition coefficient (Wildman–Crippen LogP) is 3.51. The predicted molar refractivity (Wildman–Crippen MR) is 84.2 cm³/mol. The van der Waals surface area contributed by atoms with Crippen molar-refractivity contribution in [2.45, 2.75) is 6.92 Å². The van der Waals surface area contributed by atoms with E-state index in [1.807, 2.05) is 0 Å². The Morgan fingerprint density at radius 2 is 1.91 bits per heavy atom. The van der Waals surface area contributed by atoms with Crippen LogP contribution in [0.15, 0.2) is 36.4 Å². The van der Waals surface area contributed by atoms with Gasteiger partial charge in [0, 0.05) is 17.8 Å². The molecular weight excluding hydrogens is 324 g/mol. The summed E-state index contributed by atoms with van der Waals surface area (Å²) in [5.41, 5.74) is 0.847. The summed E-state index contributed by atoms with van der Waals surface area (Å²) in [4.78, 5) is 33.3. The van der Waals surface area contributed by atoms with E-state index in [9.17, 15) is 19.7 Å². The minimum atomic E-state index is -1.12. The van der Waals surface area contributed by atoms with Gasteiger partial charge in [0.15, 0.2) is 0 Å². The average Bonchev–Trinajstić information content (AvgIpc) is 2.48. The van der Waals surface area contributed by atoms with E-state index in [1.54, 1.807) is 13.0 Å². The van der Waals surface area contributed by atoms with Crippen LogP contribution < -0.4 is 5.32 Å². The van der Waals surface area contributed by atoms with E-state index in [2.05, 4.69) is 5.32 Å². The van der Waals surface area contributed by atoms with E-state index >= 15 is 0 Å². The summed E-state index contributed by atoms with van der Waals surface area (Å²) in [5, 5.41) is 22.1. The number of aromatic carboxylic acids is 1. The van der Waals surface area contributed by atoms with E-state index < -0.39 is 16.8 Å². The smallest absolute Gasteiger partial charge is 0.335 e. The normalized spacial score (nSPS) is 10.2. The van der Waals surface area contributed by atoms with Crippen molar-refractivity contribution in [3.05, 3.63) is 68.2 Å². The molecule has 0 aromatic heterocycles. The van der Waals surface area contributed by atoms with Gasteiger partial charge in [-0.15, -0.1) is 0 Å². The van der Waals surface area contributed by atoms with Crippen LogP contribution in [0.4, 0.5) is 11.4 Å². The zero-order valence-corrected chi connectivity index (χ0v) is 12.6. The van der Waals surface area contributed by atoms with E-state index in [1.165, 1.54) is 24.3 Å². The first kappa shape index (κ1) is 16.4. The van der Waals surface area contributed by atoms with Crippen LogP contribution in [0.5, 0.6) is 0 Å². The molecule has 0 heterocycles. The average molecular weight is 335 g/mol. The topological polar surface area (TPSA) is 110 Å². The molecule has 0 radical (unpaired) electrons. The first-order chi connectivity index (χ1) is 10.8. The summed E-state index contributed by atoms with van der Waals surface area (Å²) in [6.07, 6.45) is 0. The Labute approximate surface area is 135 Å². The molecule has 2 N–H and O–H groups in total. The number of halogens is 1. The number of carboxylic acids is 1. The van der Waals surface area contributed by atoms with E-state index in [-0.39, 0.29) is 21.8 Å². The van der Waals surface area contributed by atoms with Crippen LogP contribution in [0.2, 0.25) is 5.02 Å². The number of hydrogen-bond donors (Lipinski definition) is 2. The number of amides is 1. The fraction of sp³-hybridized carbons (Fsp3) is 0.0667. The second-order valence-corrected chi connectivity index (χ2v) is 5.12. The van der Waals surface area contributed by atoms with E-state index in [0.717, 1.165) is 6.07 Å². The fourth-order valence-electron chi connectivity index (χ4n) is 1.88. The van der Waals surface area contributed by atoms with Gasteiger partial charge in [0.25, 0.3) is 11.6 Å². The number of carbonyl (C=O) groups is 2. The Morgan fingerprint density at radius 1 is 1.22 bits per heavy atom. The van der Waals surface area contributed by atoms with Crippen molar-refractivity contribution in [2.24, 2.45) is 0 Å². The van der Waals surface area contributed by atoms with Crippen molar-refractivity contribution in [3.8, 4) is 0 Å². The van der Waals surface area contributed by atoms with Crippen molar-refractivity contribution in [1.82, 2.24) is 0 Å². The highest BCUT2D eigenvalue weighted by Gasteiger charge is 2.16. The van der Waals surface area contributed by atoms with Gasteiger partial charge in [-0.1, -0.05) is 17.7 Å². The number of anilines is 1. The van der Waals surface area contributed by atoms with Gasteiger partial charge in [-0.3, -0.25) is 14.9 Å².